The number of piperidine rings is 1. The van der Waals surface area contributed by atoms with Crippen LogP contribution >= 0.6 is 0 Å². The van der Waals surface area contributed by atoms with Crippen LogP contribution in [0.25, 0.3) is 0 Å². The Hall–Kier alpha value is -1.88. The Bertz CT molecular complexity index is 423. The van der Waals surface area contributed by atoms with Crippen molar-refractivity contribution in [2.45, 2.75) is 24.9 Å². The summed E-state index contributed by atoms with van der Waals surface area (Å²) in [4.78, 5) is 22.9. The lowest BCUT2D eigenvalue weighted by Gasteiger charge is -2.25. The molecule has 0 saturated carbocycles. The van der Waals surface area contributed by atoms with E-state index >= 15 is 0 Å². The summed E-state index contributed by atoms with van der Waals surface area (Å²) in [6, 6.07) is 8.55. The molecule has 4 N–H and O–H groups in total. The first-order valence-corrected chi connectivity index (χ1v) is 6.04. The molecule has 1 heterocycles. The van der Waals surface area contributed by atoms with Gasteiger partial charge in [0.1, 0.15) is 6.04 Å². The fraction of sp³-hybridized carbons (Fsp3) is 0.385. The molecule has 2 unspecified atom stereocenters. The van der Waals surface area contributed by atoms with Gasteiger partial charge in [-0.05, 0) is 12.0 Å². The van der Waals surface area contributed by atoms with Gasteiger partial charge in [0.15, 0.2) is 0 Å². The van der Waals surface area contributed by atoms with Crippen molar-refractivity contribution in [2.75, 3.05) is 6.54 Å². The van der Waals surface area contributed by atoms with E-state index in [0.717, 1.165) is 5.56 Å². The molecule has 1 aromatic rings. The first-order chi connectivity index (χ1) is 8.66. The maximum Gasteiger partial charge on any atom is 0.241 e. The number of nitrogens with two attached hydrogens (primary N) is 1. The molecule has 0 aromatic heterocycles. The number of amides is 2. The van der Waals surface area contributed by atoms with Crippen LogP contribution in [0.5, 0.6) is 0 Å². The molecule has 2 atom stereocenters. The number of hydrogen-bond donors (Lipinski definition) is 3. The SMILES string of the molecule is NC(C(=O)NC1CCC(=O)NC1)c1ccccc1. The average molecular weight is 247 g/mol. The molecule has 2 amide bonds. The summed E-state index contributed by atoms with van der Waals surface area (Å²) >= 11 is 0. The highest BCUT2D eigenvalue weighted by Gasteiger charge is 2.22. The molecule has 1 saturated heterocycles. The van der Waals surface area contributed by atoms with E-state index in [4.69, 9.17) is 5.73 Å². The van der Waals surface area contributed by atoms with E-state index < -0.39 is 6.04 Å². The summed E-state index contributed by atoms with van der Waals surface area (Å²) < 4.78 is 0. The van der Waals surface area contributed by atoms with Crippen LogP contribution in [0.1, 0.15) is 24.4 Å². The van der Waals surface area contributed by atoms with Crippen LogP contribution in [0.4, 0.5) is 0 Å². The highest BCUT2D eigenvalue weighted by atomic mass is 16.2. The molecule has 1 fully saturated rings. The van der Waals surface area contributed by atoms with E-state index in [2.05, 4.69) is 10.6 Å². The van der Waals surface area contributed by atoms with Gasteiger partial charge in [-0.3, -0.25) is 9.59 Å². The standard InChI is InChI=1S/C13H17N3O2/c14-12(9-4-2-1-3-5-9)13(18)16-10-6-7-11(17)15-8-10/h1-5,10,12H,6-8,14H2,(H,15,17)(H,16,18). The van der Waals surface area contributed by atoms with Gasteiger partial charge >= 0.3 is 0 Å². The van der Waals surface area contributed by atoms with Crippen molar-refractivity contribution in [1.29, 1.82) is 0 Å². The monoisotopic (exact) mass is 247 g/mol. The third-order valence-corrected chi connectivity index (χ3v) is 3.05. The van der Waals surface area contributed by atoms with E-state index in [9.17, 15) is 9.59 Å². The highest BCUT2D eigenvalue weighted by molar-refractivity contribution is 5.83. The van der Waals surface area contributed by atoms with Crippen LogP contribution in [0, 0.1) is 0 Å². The van der Waals surface area contributed by atoms with Gasteiger partial charge in [-0.1, -0.05) is 30.3 Å². The number of carbonyl (C=O) groups is 2. The fourth-order valence-corrected chi connectivity index (χ4v) is 1.96. The van der Waals surface area contributed by atoms with E-state index in [0.29, 0.717) is 19.4 Å². The van der Waals surface area contributed by atoms with Crippen molar-refractivity contribution in [3.63, 3.8) is 0 Å². The molecule has 0 bridgehead atoms. The third kappa shape index (κ3) is 3.07. The van der Waals surface area contributed by atoms with E-state index in [-0.39, 0.29) is 17.9 Å². The zero-order valence-corrected chi connectivity index (χ0v) is 10.1. The summed E-state index contributed by atoms with van der Waals surface area (Å²) in [7, 11) is 0. The lowest BCUT2D eigenvalue weighted by atomic mass is 10.0. The predicted octanol–water partition coefficient (Wildman–Crippen LogP) is 0.0812. The Balaban J connectivity index is 1.90. The second-order valence-electron chi connectivity index (χ2n) is 4.44. The van der Waals surface area contributed by atoms with Gasteiger partial charge in [-0.2, -0.15) is 0 Å². The zero-order chi connectivity index (χ0) is 13.0. The Morgan fingerprint density at radius 3 is 2.72 bits per heavy atom. The second kappa shape index (κ2) is 5.64. The minimum atomic E-state index is -0.663. The molecule has 1 aromatic carbocycles. The maximum absolute atomic E-state index is 11.9. The average Bonchev–Trinajstić information content (AvgIpc) is 2.41. The number of hydrogen-bond acceptors (Lipinski definition) is 3. The van der Waals surface area contributed by atoms with Crippen LogP contribution in [0.3, 0.4) is 0 Å². The number of benzene rings is 1. The first kappa shape index (κ1) is 12.6. The third-order valence-electron chi connectivity index (χ3n) is 3.05. The van der Waals surface area contributed by atoms with Crippen LogP contribution in [-0.2, 0) is 9.59 Å². The molecule has 96 valence electrons. The van der Waals surface area contributed by atoms with Gasteiger partial charge in [-0.25, -0.2) is 0 Å². The maximum atomic E-state index is 11.9. The molecule has 1 aliphatic heterocycles. The minimum Gasteiger partial charge on any atom is -0.354 e. The Morgan fingerprint density at radius 2 is 2.11 bits per heavy atom. The van der Waals surface area contributed by atoms with Crippen LogP contribution in [-0.4, -0.2) is 24.4 Å². The van der Waals surface area contributed by atoms with Gasteiger partial charge in [-0.15, -0.1) is 0 Å². The summed E-state index contributed by atoms with van der Waals surface area (Å²) in [6.45, 7) is 0.478. The zero-order valence-electron chi connectivity index (χ0n) is 10.1. The topological polar surface area (TPSA) is 84.2 Å². The van der Waals surface area contributed by atoms with Gasteiger partial charge in [0, 0.05) is 19.0 Å². The molecule has 18 heavy (non-hydrogen) atoms. The van der Waals surface area contributed by atoms with Gasteiger partial charge < -0.3 is 16.4 Å². The molecular weight excluding hydrogens is 230 g/mol. The predicted molar refractivity (Wildman–Crippen MR) is 67.5 cm³/mol. The molecule has 0 radical (unpaired) electrons. The van der Waals surface area contributed by atoms with Crippen LogP contribution < -0.4 is 16.4 Å². The van der Waals surface area contributed by atoms with E-state index in [1.807, 2.05) is 30.3 Å². The summed E-state index contributed by atoms with van der Waals surface area (Å²) in [5, 5.41) is 5.58. The molecule has 0 aliphatic carbocycles. The Kier molecular flexibility index (Phi) is 3.94. The Labute approximate surface area is 106 Å². The van der Waals surface area contributed by atoms with Gasteiger partial charge in [0.05, 0.1) is 0 Å². The lowest BCUT2D eigenvalue weighted by Crippen LogP contribution is -2.49. The largest absolute Gasteiger partial charge is 0.354 e. The van der Waals surface area contributed by atoms with Crippen LogP contribution in [0.2, 0.25) is 0 Å². The van der Waals surface area contributed by atoms with Gasteiger partial charge in [0.25, 0.3) is 0 Å². The summed E-state index contributed by atoms with van der Waals surface area (Å²) in [5.74, 6) is -0.171. The minimum absolute atomic E-state index is 0.0232. The molecular formula is C13H17N3O2. The molecule has 5 heteroatoms. The van der Waals surface area contributed by atoms with Crippen molar-refractivity contribution in [3.05, 3.63) is 35.9 Å². The lowest BCUT2D eigenvalue weighted by molar-refractivity contribution is -0.126. The summed E-state index contributed by atoms with van der Waals surface area (Å²) in [5.41, 5.74) is 6.67. The van der Waals surface area contributed by atoms with Crippen molar-refractivity contribution < 1.29 is 9.59 Å². The normalized spacial score (nSPS) is 20.9. The number of nitrogens with one attached hydrogen (secondary N) is 2. The van der Waals surface area contributed by atoms with E-state index in [1.54, 1.807) is 0 Å². The quantitative estimate of drug-likeness (QED) is 0.707. The van der Waals surface area contributed by atoms with Gasteiger partial charge in [0.2, 0.25) is 11.8 Å². The smallest absolute Gasteiger partial charge is 0.241 e. The molecule has 5 nitrogen and oxygen atoms in total. The second-order valence-corrected chi connectivity index (χ2v) is 4.44. The van der Waals surface area contributed by atoms with Crippen LogP contribution in [0.15, 0.2) is 30.3 Å². The first-order valence-electron chi connectivity index (χ1n) is 6.04. The number of carbonyl (C=O) groups excluding carboxylic acids is 2. The van der Waals surface area contributed by atoms with Crippen molar-refractivity contribution in [1.82, 2.24) is 10.6 Å². The van der Waals surface area contributed by atoms with E-state index in [1.165, 1.54) is 0 Å². The van der Waals surface area contributed by atoms with Crippen molar-refractivity contribution >= 4 is 11.8 Å². The van der Waals surface area contributed by atoms with Crippen molar-refractivity contribution in [3.8, 4) is 0 Å². The fourth-order valence-electron chi connectivity index (χ4n) is 1.96. The van der Waals surface area contributed by atoms with Crippen molar-refractivity contribution in [2.24, 2.45) is 5.73 Å². The molecule has 2 rings (SSSR count). The molecule has 1 aliphatic rings. The highest BCUT2D eigenvalue weighted by Crippen LogP contribution is 2.11. The Morgan fingerprint density at radius 1 is 1.39 bits per heavy atom. The molecule has 0 spiro atoms. The summed E-state index contributed by atoms with van der Waals surface area (Å²) in [6.07, 6.45) is 1.12. The number of rotatable bonds is 3.